The molecular formula is C106H143Br2N11O18. The number of likely N-dealkylation sites (tertiary alicyclic amines) is 1. The highest BCUT2D eigenvalue weighted by molar-refractivity contribution is 9.09. The van der Waals surface area contributed by atoms with Crippen LogP contribution in [0.4, 0.5) is 34.1 Å². The molecule has 0 saturated carbocycles. The van der Waals surface area contributed by atoms with Crippen molar-refractivity contribution in [3.05, 3.63) is 227 Å². The van der Waals surface area contributed by atoms with E-state index in [9.17, 15) is 19.2 Å². The van der Waals surface area contributed by atoms with Gasteiger partial charge in [0.15, 0.2) is 6.29 Å². The molecule has 744 valence electrons. The van der Waals surface area contributed by atoms with E-state index < -0.39 is 0 Å². The number of rotatable bonds is 28. The molecule has 1 aromatic heterocycles. The Morgan fingerprint density at radius 3 is 1.43 bits per heavy atom. The number of nitrogens with two attached hydrogens (primary N) is 3. The molecule has 0 spiro atoms. The molecule has 31 heteroatoms. The number of allylic oxidation sites excluding steroid dienone is 1. The lowest BCUT2D eigenvalue weighted by atomic mass is 9.81. The van der Waals surface area contributed by atoms with Gasteiger partial charge in [-0.3, -0.25) is 14.4 Å². The number of carbonyl (C=O) groups excluding carboxylic acids is 4. The van der Waals surface area contributed by atoms with E-state index in [1.54, 1.807) is 81.3 Å². The van der Waals surface area contributed by atoms with Crippen molar-refractivity contribution >= 4 is 113 Å². The van der Waals surface area contributed by atoms with Crippen LogP contribution in [-0.2, 0) is 55.5 Å². The van der Waals surface area contributed by atoms with Gasteiger partial charge in [-0.25, -0.2) is 0 Å². The number of nitrogen functional groups attached to an aromatic ring is 1. The summed E-state index contributed by atoms with van der Waals surface area (Å²) in [6, 6.07) is 53.5. The molecule has 1 aliphatic carbocycles. The van der Waals surface area contributed by atoms with Crippen LogP contribution in [0, 0.1) is 5.92 Å². The van der Waals surface area contributed by atoms with Gasteiger partial charge in [-0.05, 0) is 184 Å². The van der Waals surface area contributed by atoms with Gasteiger partial charge >= 0.3 is 0 Å². The molecule has 7 fully saturated rings. The molecule has 0 bridgehead atoms. The van der Waals surface area contributed by atoms with Crippen LogP contribution in [0.5, 0.6) is 34.5 Å². The lowest BCUT2D eigenvalue weighted by Gasteiger charge is -2.34. The summed E-state index contributed by atoms with van der Waals surface area (Å²) in [5.74, 6) is 5.37. The standard InChI is InChI=1S/C27H34N4O3.C15H18N2O.C14H19NO3.C13H17NO3.C12H15NO3.C11H15NO2.C7H9NO.C4H8Br2O.C3H8O/c1-33-26-4-2-3-24(30-15-17-34-18-16-30)23(26)10-13-29-11-8-22(9-12-29)31-14-7-20-5-6-21(27(28)32)19-25(20)31;16-15(18)12-2-1-10-3-4-13(14(10)9-12)11-5-7-17-8-6-11;1-16-9-6-12-13(4-3-5-14(12)17-2)15-7-10-18-11-8-15;1-16-13-4-2-3-12(11(13)5-8-15)14-6-9-17-10-7-14;1-15-12-4-2-3-11(10(12)9-14)13-5-7-16-8-6-13;1-13-11-4-2-3-10(9-11)12-5-7-14-8-6-12;1-9-7-4-2-3-6(8)5-7;5-1-3-7-4-2-6;1-3-4-2/h2-7,14,19,22H,8-13,15-18H2,1H3,(H2,28,32);1-4,9,11,13,17H,5-8H2,(H2,16,18);3-6,9H,7-8,10-11H2,1-2H3;2-4,8H,5-7,9-10H2,1H3;2-4,9H,5-8H2,1H3;2-4,9H,5-8H2,1H3;2-5H,8H2,1H3;1-4H2;3H2,1-2H3. The minimum Gasteiger partial charge on any atom is -0.504 e. The first kappa shape index (κ1) is 110. The number of hydrogen-bond donors (Lipinski definition) is 4. The number of carbonyl (C=O) groups is 4. The van der Waals surface area contributed by atoms with Gasteiger partial charge in [0.2, 0.25) is 11.8 Å². The van der Waals surface area contributed by atoms with Crippen LogP contribution >= 0.6 is 31.9 Å². The zero-order valence-corrected chi connectivity index (χ0v) is 84.5. The van der Waals surface area contributed by atoms with Crippen LogP contribution in [0.25, 0.3) is 23.1 Å². The Morgan fingerprint density at radius 2 is 0.949 bits per heavy atom. The lowest BCUT2D eigenvalue weighted by Crippen LogP contribution is -2.38. The molecule has 7 N–H and O–H groups in total. The number of morpholine rings is 5. The second-order valence-electron chi connectivity index (χ2n) is 32.6. The zero-order chi connectivity index (χ0) is 97.7. The van der Waals surface area contributed by atoms with Crippen molar-refractivity contribution in [1.82, 2.24) is 14.8 Å². The van der Waals surface area contributed by atoms with Gasteiger partial charge in [-0.1, -0.05) is 92.5 Å². The van der Waals surface area contributed by atoms with E-state index in [-0.39, 0.29) is 11.8 Å². The number of piperidine rings is 2. The fourth-order valence-electron chi connectivity index (χ4n) is 17.1. The van der Waals surface area contributed by atoms with E-state index in [2.05, 4.69) is 137 Å². The molecule has 9 aromatic rings. The van der Waals surface area contributed by atoms with Crippen molar-refractivity contribution in [3.8, 4) is 34.5 Å². The summed E-state index contributed by atoms with van der Waals surface area (Å²) in [5.41, 5.74) is 31.4. The molecule has 2 amide bonds. The number of aldehydes is 2. The molecule has 7 saturated heterocycles. The number of amides is 2. The summed E-state index contributed by atoms with van der Waals surface area (Å²) in [7, 11) is 13.3. The molecule has 0 radical (unpaired) electrons. The Balaban J connectivity index is 0.000000181. The van der Waals surface area contributed by atoms with E-state index in [1.807, 2.05) is 116 Å². The Morgan fingerprint density at radius 1 is 0.489 bits per heavy atom. The lowest BCUT2D eigenvalue weighted by molar-refractivity contribution is -0.107. The van der Waals surface area contributed by atoms with Crippen LogP contribution in [0.1, 0.15) is 103 Å². The van der Waals surface area contributed by atoms with Crippen molar-refractivity contribution in [2.45, 2.75) is 57.4 Å². The molecule has 8 heterocycles. The van der Waals surface area contributed by atoms with Gasteiger partial charge in [0, 0.05) is 208 Å². The summed E-state index contributed by atoms with van der Waals surface area (Å²) in [6.07, 6.45) is 17.9. The summed E-state index contributed by atoms with van der Waals surface area (Å²) in [5, 5.41) is 6.41. The Hall–Kier alpha value is -10.9. The molecule has 137 heavy (non-hydrogen) atoms. The third-order valence-electron chi connectivity index (χ3n) is 24.4. The number of aromatic nitrogens is 1. The predicted octanol–water partition coefficient (Wildman–Crippen LogP) is 15.4. The average molecular weight is 2020 g/mol. The average Bonchev–Trinajstić information content (AvgIpc) is 1.61. The summed E-state index contributed by atoms with van der Waals surface area (Å²) < 4.78 is 75.5. The largest absolute Gasteiger partial charge is 0.504 e. The second kappa shape index (κ2) is 62.1. The van der Waals surface area contributed by atoms with Crippen molar-refractivity contribution in [1.29, 1.82) is 0 Å². The molecular weight excluding hydrogens is 1880 g/mol. The maximum Gasteiger partial charge on any atom is 0.248 e. The van der Waals surface area contributed by atoms with Crippen LogP contribution in [0.2, 0.25) is 0 Å². The van der Waals surface area contributed by atoms with E-state index in [1.165, 1.54) is 40.9 Å². The number of anilines is 6. The van der Waals surface area contributed by atoms with Crippen molar-refractivity contribution in [3.63, 3.8) is 0 Å². The van der Waals surface area contributed by atoms with Gasteiger partial charge in [-0.15, -0.1) is 0 Å². The van der Waals surface area contributed by atoms with Gasteiger partial charge < -0.3 is 128 Å². The van der Waals surface area contributed by atoms with Crippen molar-refractivity contribution in [2.24, 2.45) is 17.4 Å². The molecule has 1 atom stereocenters. The summed E-state index contributed by atoms with van der Waals surface area (Å²) >= 11 is 6.48. The summed E-state index contributed by atoms with van der Waals surface area (Å²) in [4.78, 5) is 58.8. The maximum atomic E-state index is 11.6. The fraction of sp³-hybridized carbons (Fsp3) is 0.453. The number of benzene rings is 8. The molecule has 29 nitrogen and oxygen atoms in total. The Bertz CT molecular complexity index is 5100. The summed E-state index contributed by atoms with van der Waals surface area (Å²) in [6.45, 7) is 26.3. The highest BCUT2D eigenvalue weighted by atomic mass is 79.9. The third kappa shape index (κ3) is 34.6. The van der Waals surface area contributed by atoms with Gasteiger partial charge in [0.25, 0.3) is 0 Å². The normalized spacial score (nSPS) is 16.4. The number of ether oxygens (including phenoxy) is 14. The first-order valence-corrected chi connectivity index (χ1v) is 49.3. The second-order valence-corrected chi connectivity index (χ2v) is 34.2. The fourth-order valence-corrected chi connectivity index (χ4v) is 17.6. The number of methoxy groups -OCH3 is 8. The van der Waals surface area contributed by atoms with Crippen LogP contribution in [0.3, 0.4) is 0 Å². The number of nitrogens with zero attached hydrogens (tertiary/aromatic N) is 7. The van der Waals surface area contributed by atoms with E-state index in [0.717, 1.165) is 287 Å². The van der Waals surface area contributed by atoms with Crippen LogP contribution < -0.4 is 75.4 Å². The SMILES string of the molecule is BrCCOCCBr.CCOC.COC=Cc1c(OC)cccc1N1CCOCC1.COc1cccc(N)c1.COc1cccc(N2CCOCC2)c1.COc1cccc(N2CCOCC2)c1C=O.COc1cccc(N2CCOCC2)c1CC=O.COc1cccc(N2CCOCC2)c1CCN1CCC(n2ccc3ccc(C(N)=O)cc32)CC1.NC(=O)c1ccc2c(c1)C(C1CCNCC1)C=C2. The minimum absolute atomic E-state index is 0.339. The number of primary amides is 2. The highest BCUT2D eigenvalue weighted by Crippen LogP contribution is 2.41. The molecule has 8 aromatic carbocycles. The van der Waals surface area contributed by atoms with Gasteiger partial charge in [0.1, 0.15) is 40.8 Å². The molecule has 8 aliphatic rings. The highest BCUT2D eigenvalue weighted by Gasteiger charge is 2.30. The van der Waals surface area contributed by atoms with E-state index in [0.29, 0.717) is 60.0 Å². The zero-order valence-electron chi connectivity index (χ0n) is 81.3. The topological polar surface area (TPSA) is 312 Å². The van der Waals surface area contributed by atoms with E-state index in [4.69, 9.17) is 78.8 Å². The number of nitrogens with one attached hydrogen (secondary N) is 1. The quantitative estimate of drug-likeness (QED) is 0.0116. The predicted molar refractivity (Wildman–Crippen MR) is 556 cm³/mol. The van der Waals surface area contributed by atoms with Gasteiger partial charge in [-0.2, -0.15) is 0 Å². The number of alkyl halides is 2. The molecule has 7 aliphatic heterocycles. The molecule has 1 unspecified atom stereocenters. The Labute approximate surface area is 826 Å². The van der Waals surface area contributed by atoms with Crippen molar-refractivity contribution in [2.75, 3.05) is 282 Å². The first-order chi connectivity index (χ1) is 67.0. The molecule has 17 rings (SSSR count). The third-order valence-corrected chi connectivity index (χ3v) is 25.0. The minimum atomic E-state index is -0.378. The number of halogens is 2. The smallest absolute Gasteiger partial charge is 0.248 e. The number of hydrogen-bond acceptors (Lipinski definition) is 26. The van der Waals surface area contributed by atoms with Crippen molar-refractivity contribution < 1.29 is 85.5 Å². The van der Waals surface area contributed by atoms with E-state index >= 15 is 0 Å². The maximum absolute atomic E-state index is 11.6. The van der Waals surface area contributed by atoms with Crippen LogP contribution in [-0.4, -0.2) is 285 Å². The monoisotopic (exact) mass is 2020 g/mol. The van der Waals surface area contributed by atoms with Crippen LogP contribution in [0.15, 0.2) is 182 Å². The Kier molecular flexibility index (Phi) is 49.7. The number of fused-ring (bicyclic) bond motifs is 2. The van der Waals surface area contributed by atoms with Gasteiger partial charge in [0.05, 0.1) is 147 Å². The first-order valence-electron chi connectivity index (χ1n) is 47.1.